The molecule has 2 N–H and O–H groups in total. The van der Waals surface area contributed by atoms with E-state index in [0.717, 1.165) is 19.4 Å². The van der Waals surface area contributed by atoms with Gasteiger partial charge in [-0.1, -0.05) is 19.0 Å². The van der Waals surface area contributed by atoms with Gasteiger partial charge < -0.3 is 15.2 Å². The first-order chi connectivity index (χ1) is 9.06. The Morgan fingerprint density at radius 1 is 1.58 bits per heavy atom. The molecule has 1 fully saturated rings. The Morgan fingerprint density at radius 2 is 2.37 bits per heavy atom. The molecule has 1 saturated heterocycles. The van der Waals surface area contributed by atoms with Crippen LogP contribution >= 0.6 is 0 Å². The van der Waals surface area contributed by atoms with Gasteiger partial charge in [0.2, 0.25) is 11.8 Å². The van der Waals surface area contributed by atoms with Crippen molar-refractivity contribution in [2.45, 2.75) is 51.5 Å². The lowest BCUT2D eigenvalue weighted by molar-refractivity contribution is -0.132. The van der Waals surface area contributed by atoms with Crippen molar-refractivity contribution in [2.75, 3.05) is 13.1 Å². The molecule has 1 aromatic heterocycles. The van der Waals surface area contributed by atoms with Crippen LogP contribution in [0.5, 0.6) is 0 Å². The number of rotatable bonds is 4. The Kier molecular flexibility index (Phi) is 4.52. The smallest absolute Gasteiger partial charge is 0.227 e. The van der Waals surface area contributed by atoms with Crippen LogP contribution in [0.1, 0.15) is 50.7 Å². The molecule has 2 rings (SSSR count). The number of aryl methyl sites for hydroxylation is 1. The molecule has 1 atom stereocenters. The number of aromatic nitrogens is 2. The molecule has 106 valence electrons. The largest absolute Gasteiger partial charge is 0.341 e. The average molecular weight is 266 g/mol. The summed E-state index contributed by atoms with van der Waals surface area (Å²) in [6, 6.07) is 0.119. The number of hydrogen-bond donors (Lipinski definition) is 1. The summed E-state index contributed by atoms with van der Waals surface area (Å²) in [4.78, 5) is 18.1. The standard InChI is InChI=1S/C13H22N4O2/c1-9(2)13-15-11(19-16-13)5-6-12(18)17-7-3-4-10(14)8-17/h9-10H,3-8,14H2,1-2H3. The summed E-state index contributed by atoms with van der Waals surface area (Å²) in [6.07, 6.45) is 2.91. The highest BCUT2D eigenvalue weighted by Gasteiger charge is 2.21. The van der Waals surface area contributed by atoms with Crippen LogP contribution in [0, 0.1) is 0 Å². The fourth-order valence-electron chi connectivity index (χ4n) is 2.21. The number of nitrogens with two attached hydrogens (primary N) is 1. The van der Waals surface area contributed by atoms with Crippen LogP contribution in [-0.2, 0) is 11.2 Å². The highest BCUT2D eigenvalue weighted by molar-refractivity contribution is 5.76. The minimum Gasteiger partial charge on any atom is -0.341 e. The fourth-order valence-corrected chi connectivity index (χ4v) is 2.21. The van der Waals surface area contributed by atoms with Crippen LogP contribution in [0.3, 0.4) is 0 Å². The molecular formula is C13H22N4O2. The Morgan fingerprint density at radius 3 is 3.00 bits per heavy atom. The zero-order valence-electron chi connectivity index (χ0n) is 11.6. The summed E-state index contributed by atoms with van der Waals surface area (Å²) in [5.41, 5.74) is 5.87. The van der Waals surface area contributed by atoms with Gasteiger partial charge in [-0.25, -0.2) is 0 Å². The maximum absolute atomic E-state index is 12.0. The number of carbonyl (C=O) groups excluding carboxylic acids is 1. The quantitative estimate of drug-likeness (QED) is 0.881. The van der Waals surface area contributed by atoms with Crippen molar-refractivity contribution in [2.24, 2.45) is 5.73 Å². The molecule has 0 spiro atoms. The van der Waals surface area contributed by atoms with Gasteiger partial charge in [0.15, 0.2) is 5.82 Å². The predicted molar refractivity (Wildman–Crippen MR) is 70.5 cm³/mol. The average Bonchev–Trinajstić information content (AvgIpc) is 2.85. The van der Waals surface area contributed by atoms with Crippen molar-refractivity contribution < 1.29 is 9.32 Å². The third-order valence-electron chi connectivity index (χ3n) is 3.36. The second-order valence-corrected chi connectivity index (χ2v) is 5.44. The molecule has 1 aliphatic heterocycles. The zero-order valence-corrected chi connectivity index (χ0v) is 11.6. The summed E-state index contributed by atoms with van der Waals surface area (Å²) in [7, 11) is 0. The first-order valence-corrected chi connectivity index (χ1v) is 6.92. The number of nitrogens with zero attached hydrogens (tertiary/aromatic N) is 3. The number of piperidine rings is 1. The Bertz CT molecular complexity index is 430. The Balaban J connectivity index is 1.82. The lowest BCUT2D eigenvalue weighted by atomic mass is 10.1. The van der Waals surface area contributed by atoms with Gasteiger partial charge in [0.1, 0.15) is 0 Å². The molecule has 6 heteroatoms. The van der Waals surface area contributed by atoms with Crippen molar-refractivity contribution in [1.29, 1.82) is 0 Å². The van der Waals surface area contributed by atoms with Gasteiger partial charge in [-0.2, -0.15) is 4.98 Å². The van der Waals surface area contributed by atoms with Gasteiger partial charge in [0, 0.05) is 37.9 Å². The first kappa shape index (κ1) is 14.0. The summed E-state index contributed by atoms with van der Waals surface area (Å²) in [5, 5.41) is 3.89. The van der Waals surface area contributed by atoms with E-state index in [1.165, 1.54) is 0 Å². The third kappa shape index (κ3) is 3.76. The second kappa shape index (κ2) is 6.14. The minimum absolute atomic E-state index is 0.119. The maximum atomic E-state index is 12.0. The fraction of sp³-hybridized carbons (Fsp3) is 0.769. The molecule has 0 bridgehead atoms. The van der Waals surface area contributed by atoms with E-state index in [0.29, 0.717) is 31.1 Å². The van der Waals surface area contributed by atoms with Crippen molar-refractivity contribution in [3.05, 3.63) is 11.7 Å². The third-order valence-corrected chi connectivity index (χ3v) is 3.36. The summed E-state index contributed by atoms with van der Waals surface area (Å²) in [6.45, 7) is 5.50. The van der Waals surface area contributed by atoms with Gasteiger partial charge in [0.05, 0.1) is 0 Å². The monoisotopic (exact) mass is 266 g/mol. The van der Waals surface area contributed by atoms with Gasteiger partial charge >= 0.3 is 0 Å². The van der Waals surface area contributed by atoms with Gasteiger partial charge in [-0.3, -0.25) is 4.79 Å². The summed E-state index contributed by atoms with van der Waals surface area (Å²) in [5.74, 6) is 1.61. The lowest BCUT2D eigenvalue weighted by Crippen LogP contribution is -2.45. The van der Waals surface area contributed by atoms with Crippen LogP contribution in [-0.4, -0.2) is 40.1 Å². The van der Waals surface area contributed by atoms with Crippen LogP contribution in [0.2, 0.25) is 0 Å². The van der Waals surface area contributed by atoms with E-state index in [1.54, 1.807) is 0 Å². The highest BCUT2D eigenvalue weighted by Crippen LogP contribution is 2.13. The molecule has 1 aliphatic rings. The number of amides is 1. The van der Waals surface area contributed by atoms with Crippen LogP contribution in [0.4, 0.5) is 0 Å². The van der Waals surface area contributed by atoms with E-state index in [-0.39, 0.29) is 17.9 Å². The maximum Gasteiger partial charge on any atom is 0.227 e. The molecule has 0 saturated carbocycles. The normalized spacial score (nSPS) is 20.0. The molecule has 0 aromatic carbocycles. The van der Waals surface area contributed by atoms with E-state index in [9.17, 15) is 4.79 Å². The van der Waals surface area contributed by atoms with Crippen molar-refractivity contribution in [3.8, 4) is 0 Å². The SMILES string of the molecule is CC(C)c1noc(CCC(=O)N2CCCC(N)C2)n1. The zero-order chi connectivity index (χ0) is 13.8. The topological polar surface area (TPSA) is 85.2 Å². The molecule has 1 unspecified atom stereocenters. The Hall–Kier alpha value is -1.43. The van der Waals surface area contributed by atoms with Gasteiger partial charge in [-0.15, -0.1) is 0 Å². The van der Waals surface area contributed by atoms with E-state index >= 15 is 0 Å². The molecule has 6 nitrogen and oxygen atoms in total. The minimum atomic E-state index is 0.119. The van der Waals surface area contributed by atoms with Crippen LogP contribution in [0.25, 0.3) is 0 Å². The number of hydrogen-bond acceptors (Lipinski definition) is 5. The van der Waals surface area contributed by atoms with Crippen molar-refractivity contribution in [1.82, 2.24) is 15.0 Å². The van der Waals surface area contributed by atoms with E-state index < -0.39 is 0 Å². The first-order valence-electron chi connectivity index (χ1n) is 6.92. The van der Waals surface area contributed by atoms with Gasteiger partial charge in [0.25, 0.3) is 0 Å². The van der Waals surface area contributed by atoms with Crippen molar-refractivity contribution in [3.63, 3.8) is 0 Å². The van der Waals surface area contributed by atoms with E-state index in [1.807, 2.05) is 18.7 Å². The van der Waals surface area contributed by atoms with Gasteiger partial charge in [-0.05, 0) is 12.8 Å². The van der Waals surface area contributed by atoms with E-state index in [4.69, 9.17) is 10.3 Å². The predicted octanol–water partition coefficient (Wildman–Crippen LogP) is 1.08. The Labute approximate surface area is 113 Å². The summed E-state index contributed by atoms with van der Waals surface area (Å²) >= 11 is 0. The molecule has 0 aliphatic carbocycles. The second-order valence-electron chi connectivity index (χ2n) is 5.44. The summed E-state index contributed by atoms with van der Waals surface area (Å²) < 4.78 is 5.13. The van der Waals surface area contributed by atoms with E-state index in [2.05, 4.69) is 10.1 Å². The number of carbonyl (C=O) groups is 1. The van der Waals surface area contributed by atoms with Crippen molar-refractivity contribution >= 4 is 5.91 Å². The molecule has 1 aromatic rings. The molecule has 2 heterocycles. The van der Waals surface area contributed by atoms with Crippen LogP contribution in [0.15, 0.2) is 4.52 Å². The van der Waals surface area contributed by atoms with Crippen LogP contribution < -0.4 is 5.73 Å². The molecular weight excluding hydrogens is 244 g/mol. The molecule has 19 heavy (non-hydrogen) atoms. The highest BCUT2D eigenvalue weighted by atomic mass is 16.5. The molecule has 0 radical (unpaired) electrons. The lowest BCUT2D eigenvalue weighted by Gasteiger charge is -2.30. The number of likely N-dealkylation sites (tertiary alicyclic amines) is 1. The molecule has 1 amide bonds.